The predicted molar refractivity (Wildman–Crippen MR) is 129 cm³/mol. The van der Waals surface area contributed by atoms with Crippen molar-refractivity contribution in [3.63, 3.8) is 0 Å². The highest BCUT2D eigenvalue weighted by molar-refractivity contribution is 5.82. The summed E-state index contributed by atoms with van der Waals surface area (Å²) in [6, 6.07) is 0. The SMILES string of the molecule is CC[C@@H](C)[C@@H](OC(=O)CC(CC(=O)O)C(=O)O)[C@@H](O)C[C@@H](C)CCCCCCCC[C@H](O)CN. The Morgan fingerprint density at radius 2 is 1.44 bits per heavy atom. The Bertz CT molecular complexity index is 585. The van der Waals surface area contributed by atoms with Crippen LogP contribution < -0.4 is 5.73 Å². The van der Waals surface area contributed by atoms with Gasteiger partial charge in [0.2, 0.25) is 0 Å². The van der Waals surface area contributed by atoms with Crippen LogP contribution >= 0.6 is 0 Å². The van der Waals surface area contributed by atoms with Gasteiger partial charge < -0.3 is 30.9 Å². The summed E-state index contributed by atoms with van der Waals surface area (Å²) in [5.41, 5.74) is 5.39. The Balaban J connectivity index is 4.47. The number of aliphatic hydroxyl groups excluding tert-OH is 2. The fourth-order valence-corrected chi connectivity index (χ4v) is 4.03. The van der Waals surface area contributed by atoms with Crippen LogP contribution in [0.2, 0.25) is 0 Å². The molecule has 0 aliphatic rings. The van der Waals surface area contributed by atoms with Crippen molar-refractivity contribution in [3.05, 3.63) is 0 Å². The molecule has 9 nitrogen and oxygen atoms in total. The first-order valence-electron chi connectivity index (χ1n) is 12.7. The van der Waals surface area contributed by atoms with Crippen LogP contribution in [0.25, 0.3) is 0 Å². The molecule has 200 valence electrons. The van der Waals surface area contributed by atoms with Gasteiger partial charge in [-0.1, -0.05) is 65.7 Å². The smallest absolute Gasteiger partial charge is 0.307 e. The molecule has 34 heavy (non-hydrogen) atoms. The van der Waals surface area contributed by atoms with E-state index in [4.69, 9.17) is 20.7 Å². The number of esters is 1. The molecule has 1 unspecified atom stereocenters. The van der Waals surface area contributed by atoms with Crippen LogP contribution in [0.3, 0.4) is 0 Å². The summed E-state index contributed by atoms with van der Waals surface area (Å²) in [5, 5.41) is 38.2. The number of carboxylic acid groups (broad SMARTS) is 2. The second kappa shape index (κ2) is 18.6. The van der Waals surface area contributed by atoms with Crippen molar-refractivity contribution in [3.8, 4) is 0 Å². The van der Waals surface area contributed by atoms with E-state index >= 15 is 0 Å². The number of aliphatic hydroxyl groups is 2. The number of carbonyl (C=O) groups is 3. The Morgan fingerprint density at radius 1 is 0.882 bits per heavy atom. The summed E-state index contributed by atoms with van der Waals surface area (Å²) in [6.07, 6.45) is 6.09. The van der Waals surface area contributed by atoms with Crippen LogP contribution in [-0.4, -0.2) is 63.2 Å². The number of hydrogen-bond acceptors (Lipinski definition) is 7. The first-order chi connectivity index (χ1) is 16.0. The molecule has 0 aliphatic carbocycles. The predicted octanol–water partition coefficient (Wildman–Crippen LogP) is 3.34. The molecule has 6 atom stereocenters. The third-order valence-electron chi connectivity index (χ3n) is 6.44. The van der Waals surface area contributed by atoms with Gasteiger partial charge in [-0.25, -0.2) is 0 Å². The lowest BCUT2D eigenvalue weighted by Gasteiger charge is -2.30. The topological polar surface area (TPSA) is 167 Å². The molecule has 0 saturated carbocycles. The van der Waals surface area contributed by atoms with Crippen LogP contribution in [0.5, 0.6) is 0 Å². The van der Waals surface area contributed by atoms with Gasteiger partial charge in [0.15, 0.2) is 0 Å². The van der Waals surface area contributed by atoms with Gasteiger partial charge in [-0.05, 0) is 31.1 Å². The van der Waals surface area contributed by atoms with Gasteiger partial charge in [0.05, 0.1) is 31.0 Å². The van der Waals surface area contributed by atoms with Gasteiger partial charge in [0, 0.05) is 6.54 Å². The Labute approximate surface area is 204 Å². The molecule has 6 N–H and O–H groups in total. The molecule has 0 aromatic rings. The lowest BCUT2D eigenvalue weighted by Crippen LogP contribution is -2.38. The summed E-state index contributed by atoms with van der Waals surface area (Å²) in [6.45, 7) is 6.15. The molecule has 0 aromatic carbocycles. The van der Waals surface area contributed by atoms with Crippen molar-refractivity contribution in [2.75, 3.05) is 6.54 Å². The second-order valence-electron chi connectivity index (χ2n) is 9.67. The molecule has 0 radical (unpaired) electrons. The Kier molecular flexibility index (Phi) is 17.7. The highest BCUT2D eigenvalue weighted by atomic mass is 16.6. The summed E-state index contributed by atoms with van der Waals surface area (Å²) in [7, 11) is 0. The third-order valence-corrected chi connectivity index (χ3v) is 6.44. The molecular formula is C25H47NO8. The van der Waals surface area contributed by atoms with E-state index in [1.54, 1.807) is 0 Å². The van der Waals surface area contributed by atoms with Gasteiger partial charge in [0.25, 0.3) is 0 Å². The number of rotatable bonds is 21. The molecule has 0 aliphatic heterocycles. The van der Waals surface area contributed by atoms with Gasteiger partial charge in [-0.15, -0.1) is 0 Å². The van der Waals surface area contributed by atoms with E-state index in [0.717, 1.165) is 51.4 Å². The number of nitrogens with two attached hydrogens (primary N) is 1. The maximum atomic E-state index is 12.3. The van der Waals surface area contributed by atoms with Crippen LogP contribution in [0.15, 0.2) is 0 Å². The van der Waals surface area contributed by atoms with Crippen molar-refractivity contribution in [2.45, 2.75) is 116 Å². The standard InChI is InChI=1S/C25H47NO8/c1-4-18(3)24(34-23(31)15-19(25(32)33)14-22(29)30)21(28)13-17(2)11-9-7-5-6-8-10-12-20(27)16-26/h17-21,24,27-28H,4-16,26H2,1-3H3,(H,29,30)(H,32,33)/t17-,18+,19?,20-,21-,24+/m0/s1. The average Bonchev–Trinajstić information content (AvgIpc) is 2.77. The monoisotopic (exact) mass is 489 g/mol. The van der Waals surface area contributed by atoms with Crippen LogP contribution in [0.1, 0.15) is 97.8 Å². The maximum Gasteiger partial charge on any atom is 0.307 e. The van der Waals surface area contributed by atoms with Crippen molar-refractivity contribution in [1.82, 2.24) is 0 Å². The largest absolute Gasteiger partial charge is 0.481 e. The van der Waals surface area contributed by atoms with E-state index in [-0.39, 0.29) is 11.8 Å². The van der Waals surface area contributed by atoms with E-state index in [1.165, 1.54) is 0 Å². The Morgan fingerprint density at radius 3 is 1.94 bits per heavy atom. The van der Waals surface area contributed by atoms with Crippen molar-refractivity contribution in [1.29, 1.82) is 0 Å². The van der Waals surface area contributed by atoms with Crippen LogP contribution in [0, 0.1) is 17.8 Å². The minimum atomic E-state index is -1.36. The van der Waals surface area contributed by atoms with E-state index in [9.17, 15) is 24.6 Å². The minimum Gasteiger partial charge on any atom is -0.481 e. The molecule has 0 rings (SSSR count). The molecule has 9 heteroatoms. The molecule has 0 aromatic heterocycles. The van der Waals surface area contributed by atoms with E-state index < -0.39 is 55.0 Å². The lowest BCUT2D eigenvalue weighted by atomic mass is 9.89. The van der Waals surface area contributed by atoms with Gasteiger partial charge >= 0.3 is 17.9 Å². The maximum absolute atomic E-state index is 12.3. The first-order valence-corrected chi connectivity index (χ1v) is 12.7. The lowest BCUT2D eigenvalue weighted by molar-refractivity contribution is -0.164. The fraction of sp³-hybridized carbons (Fsp3) is 0.880. The number of hydrogen-bond donors (Lipinski definition) is 5. The number of carboxylic acids is 2. The fourth-order valence-electron chi connectivity index (χ4n) is 4.03. The van der Waals surface area contributed by atoms with Crippen molar-refractivity contribution < 1.29 is 39.5 Å². The number of ether oxygens (including phenoxy) is 1. The first kappa shape index (κ1) is 32.3. The summed E-state index contributed by atoms with van der Waals surface area (Å²) < 4.78 is 5.46. The van der Waals surface area contributed by atoms with Crippen molar-refractivity contribution >= 4 is 17.9 Å². The highest BCUT2D eigenvalue weighted by Crippen LogP contribution is 2.24. The zero-order valence-corrected chi connectivity index (χ0v) is 21.2. The van der Waals surface area contributed by atoms with Crippen LogP contribution in [0.4, 0.5) is 0 Å². The Hall–Kier alpha value is -1.71. The van der Waals surface area contributed by atoms with Crippen LogP contribution in [-0.2, 0) is 19.1 Å². The normalized spacial score (nSPS) is 16.8. The summed E-state index contributed by atoms with van der Waals surface area (Å²) >= 11 is 0. The molecule has 0 amide bonds. The van der Waals surface area contributed by atoms with Gasteiger partial charge in [0.1, 0.15) is 6.10 Å². The summed E-state index contributed by atoms with van der Waals surface area (Å²) in [5.74, 6) is -4.70. The molecule has 0 saturated heterocycles. The molecule has 0 bridgehead atoms. The van der Waals surface area contributed by atoms with Gasteiger partial charge in [-0.3, -0.25) is 14.4 Å². The molecule has 0 spiro atoms. The number of aliphatic carboxylic acids is 2. The minimum absolute atomic E-state index is 0.119. The third kappa shape index (κ3) is 15.2. The van der Waals surface area contributed by atoms with Gasteiger partial charge in [-0.2, -0.15) is 0 Å². The number of unbranched alkanes of at least 4 members (excludes halogenated alkanes) is 5. The second-order valence-corrected chi connectivity index (χ2v) is 9.67. The average molecular weight is 490 g/mol. The summed E-state index contributed by atoms with van der Waals surface area (Å²) in [4.78, 5) is 34.4. The van der Waals surface area contributed by atoms with Crippen molar-refractivity contribution in [2.24, 2.45) is 23.5 Å². The van der Waals surface area contributed by atoms with E-state index in [0.29, 0.717) is 19.4 Å². The number of carbonyl (C=O) groups excluding carboxylic acids is 1. The molecule has 0 heterocycles. The zero-order valence-electron chi connectivity index (χ0n) is 21.2. The van der Waals surface area contributed by atoms with E-state index in [2.05, 4.69) is 6.92 Å². The zero-order chi connectivity index (χ0) is 26.1. The highest BCUT2D eigenvalue weighted by Gasteiger charge is 2.32. The molecular weight excluding hydrogens is 442 g/mol. The molecule has 0 fully saturated rings. The quantitative estimate of drug-likeness (QED) is 0.120. The van der Waals surface area contributed by atoms with E-state index in [1.807, 2.05) is 13.8 Å².